The van der Waals surface area contributed by atoms with Gasteiger partial charge in [0.25, 0.3) is 0 Å². The molecule has 0 aliphatic rings. The monoisotopic (exact) mass is 838 g/mol. The van der Waals surface area contributed by atoms with E-state index < -0.39 is 325 Å². The molecule has 3 nitrogen and oxygen atoms in total. The predicted octanol–water partition coefficient (Wildman–Crippen LogP) is 11.2. The Hall–Kier alpha value is -7.08. The van der Waals surface area contributed by atoms with Crippen molar-refractivity contribution in [2.75, 3.05) is 0 Å². The third-order valence-electron chi connectivity index (χ3n) is 9.67. The van der Waals surface area contributed by atoms with Crippen LogP contribution in [0.25, 0.3) is 76.9 Å². The Bertz CT molecular complexity index is 5450. The van der Waals surface area contributed by atoms with Gasteiger partial charge in [-0.15, -0.1) is 0 Å². The molecule has 0 bridgehead atoms. The minimum absolute atomic E-state index is 0.503. The third-order valence-corrected chi connectivity index (χ3v) is 18.3. The Morgan fingerprint density at radius 3 is 1.45 bits per heavy atom. The zero-order valence-corrected chi connectivity index (χ0v) is 30.9. The van der Waals surface area contributed by atoms with E-state index in [-0.39, 0.29) is 0 Å². The summed E-state index contributed by atoms with van der Waals surface area (Å²) in [5, 5.41) is -4.29. The fourth-order valence-electron chi connectivity index (χ4n) is 7.34. The number of benzene rings is 9. The second-order valence-corrected chi connectivity index (χ2v) is 19.9. The Kier molecular flexibility index (Phi) is 2.96. The summed E-state index contributed by atoms with van der Waals surface area (Å²) in [4.78, 5) is 0. The molecule has 0 N–H and O–H groups in total. The van der Waals surface area contributed by atoms with Gasteiger partial charge < -0.3 is 0 Å². The molecule has 3 aromatic heterocycles. The SMILES string of the molecule is [2H]c1c([2H])c([2H])[c]([Ge]([c]2c([2H])c([2H])c([2H])c([2H])c2[2H])([c]2c([2H])c([2H])c([2H])c(-n3c4c([2H])c([2H])c([2H])c([2H])c4c4c([2H])c(-n5c6c([2H])c([2H])c([2H])c([2H])c6c6c([2H])c([2H])c([2H])c([2H])c65)c([2H])c([2H])c43)c2[2H])[c]2c([2H])c([2H])c([2H])c3c2oc2c([2H])c([2H])c([2H])c([2H])c23)c([2H])c1[2H]. The van der Waals surface area contributed by atoms with Crippen LogP contribution >= 0.6 is 0 Å². The number of nitrogens with zero attached hydrogens (tertiary/aromatic N) is 2. The maximum absolute atomic E-state index is 10.8. The number of rotatable bonds is 6. The summed E-state index contributed by atoms with van der Waals surface area (Å²) in [7, 11) is 0. The normalized spacial score (nSPS) is 20.8. The molecule has 0 unspecified atom stereocenters. The van der Waals surface area contributed by atoms with E-state index in [4.69, 9.17) is 29.1 Å². The molecule has 12 aromatic rings. The van der Waals surface area contributed by atoms with Crippen molar-refractivity contribution in [3.8, 4) is 11.4 Å². The molecule has 4 heteroatoms. The van der Waals surface area contributed by atoms with Crippen LogP contribution in [-0.4, -0.2) is 22.4 Å². The van der Waals surface area contributed by atoms with Crippen molar-refractivity contribution in [3.05, 3.63) is 218 Å². The molecule has 0 amide bonds. The molecule has 0 radical (unpaired) electrons. The Morgan fingerprint density at radius 1 is 0.345 bits per heavy atom. The molecule has 0 saturated carbocycles. The van der Waals surface area contributed by atoms with E-state index in [1.807, 2.05) is 0 Å². The van der Waals surface area contributed by atoms with Crippen molar-refractivity contribution in [1.82, 2.24) is 9.13 Å². The molecule has 12 rings (SSSR count). The molecule has 0 spiro atoms. The summed E-state index contributed by atoms with van der Waals surface area (Å²) < 4.78 is 339. The number of hydrogen-bond acceptors (Lipinski definition) is 1. The van der Waals surface area contributed by atoms with Crippen LogP contribution in [0.2, 0.25) is 0 Å². The van der Waals surface area contributed by atoms with Crippen molar-refractivity contribution in [2.24, 2.45) is 0 Å². The van der Waals surface area contributed by atoms with Crippen molar-refractivity contribution >= 4 is 96.4 Å². The molecule has 0 atom stereocenters. The standard InChI is InChI=1S/C54H36GeN2O/c1-3-17-37(18-4-1)55(38-19-5-2-6-20-38,48-28-16-27-46-45-26-10-14-32-53(45)58-54(46)48)39-21-15-22-40(35-39)56-51-31-13-9-25-44(51)47-36-41(33-34-52(47)56)57-49-29-11-7-23-42(49)43-24-8-12-30-50(43)57/h1-36H/i1D,2D,3D,4D,5D,6D,7D,8D,9D,10D,11D,12D,13D,14D,15D,16D,17D,18D,19D,20D,21D,22D,23D,24D,25D,26D,27D,28D,29D,30D,31D,32D,33D,34D,35D,36D. The summed E-state index contributed by atoms with van der Waals surface area (Å²) in [5.74, 6) is 0. The van der Waals surface area contributed by atoms with E-state index in [2.05, 4.69) is 0 Å². The minimum atomic E-state index is -7.76. The first kappa shape index (κ1) is 13.2. The molecular formula is C54H36GeN2O. The summed E-state index contributed by atoms with van der Waals surface area (Å²) >= 11 is -7.76. The first-order valence-corrected chi connectivity index (χ1v) is 21.2. The van der Waals surface area contributed by atoms with Crippen LogP contribution in [-0.2, 0) is 0 Å². The molecule has 0 fully saturated rings. The van der Waals surface area contributed by atoms with E-state index >= 15 is 0 Å². The summed E-state index contributed by atoms with van der Waals surface area (Å²) in [6.45, 7) is 0. The first-order valence-electron chi connectivity index (χ1n) is 35.0. The van der Waals surface area contributed by atoms with Gasteiger partial charge in [0, 0.05) is 0 Å². The molecule has 0 aliphatic carbocycles. The number of para-hydroxylation sites is 5. The van der Waals surface area contributed by atoms with Crippen LogP contribution in [0.15, 0.2) is 222 Å². The number of furan rings is 1. The van der Waals surface area contributed by atoms with E-state index in [9.17, 15) is 24.7 Å². The van der Waals surface area contributed by atoms with E-state index in [0.717, 1.165) is 0 Å². The molecular weight excluding hydrogens is 765 g/mol. The average molecular weight is 838 g/mol. The van der Waals surface area contributed by atoms with Crippen molar-refractivity contribution in [1.29, 1.82) is 0 Å². The quantitative estimate of drug-likeness (QED) is 0.153. The Balaban J connectivity index is 1.41. The van der Waals surface area contributed by atoms with Crippen LogP contribution in [0.3, 0.4) is 0 Å². The fraction of sp³-hybridized carbons (Fsp3) is 0. The fourth-order valence-corrected chi connectivity index (χ4v) is 15.4. The summed E-state index contributed by atoms with van der Waals surface area (Å²) in [6.07, 6.45) is 0. The van der Waals surface area contributed by atoms with Gasteiger partial charge in [0.2, 0.25) is 0 Å². The van der Waals surface area contributed by atoms with Gasteiger partial charge in [-0.1, -0.05) is 12.1 Å². The zero-order valence-electron chi connectivity index (χ0n) is 64.8. The third kappa shape index (κ3) is 4.74. The Morgan fingerprint density at radius 2 is 0.810 bits per heavy atom. The van der Waals surface area contributed by atoms with Crippen molar-refractivity contribution in [2.45, 2.75) is 0 Å². The van der Waals surface area contributed by atoms with E-state index in [1.165, 1.54) is 0 Å². The molecule has 9 aromatic carbocycles. The second-order valence-electron chi connectivity index (χ2n) is 12.5. The molecule has 3 heterocycles. The van der Waals surface area contributed by atoms with Crippen LogP contribution < -0.4 is 17.6 Å². The topological polar surface area (TPSA) is 23.0 Å². The van der Waals surface area contributed by atoms with Gasteiger partial charge in [0.05, 0.1) is 8.22 Å². The first-order chi connectivity index (χ1) is 43.8. The summed E-state index contributed by atoms with van der Waals surface area (Å²) in [5.41, 5.74) is -7.30. The van der Waals surface area contributed by atoms with Crippen LogP contribution in [0, 0.1) is 0 Å². The Labute approximate surface area is 388 Å². The predicted molar refractivity (Wildman–Crippen MR) is 246 cm³/mol. The van der Waals surface area contributed by atoms with Crippen LogP contribution in [0.5, 0.6) is 0 Å². The van der Waals surface area contributed by atoms with Gasteiger partial charge in [-0.2, -0.15) is 0 Å². The molecule has 0 aliphatic heterocycles. The van der Waals surface area contributed by atoms with Gasteiger partial charge in [0.15, 0.2) is 0 Å². The van der Waals surface area contributed by atoms with E-state index in [1.54, 1.807) is 0 Å². The van der Waals surface area contributed by atoms with Crippen molar-refractivity contribution in [3.63, 3.8) is 0 Å². The van der Waals surface area contributed by atoms with Crippen molar-refractivity contribution < 1.29 is 53.8 Å². The van der Waals surface area contributed by atoms with Crippen LogP contribution in [0.4, 0.5) is 0 Å². The van der Waals surface area contributed by atoms with Gasteiger partial charge in [-0.25, -0.2) is 0 Å². The van der Waals surface area contributed by atoms with Gasteiger partial charge in [0.1, 0.15) is 0 Å². The second kappa shape index (κ2) is 13.0. The number of fused-ring (bicyclic) bond motifs is 9. The molecule has 58 heavy (non-hydrogen) atoms. The molecule has 272 valence electrons. The van der Waals surface area contributed by atoms with Gasteiger partial charge >= 0.3 is 368 Å². The van der Waals surface area contributed by atoms with Crippen LogP contribution in [0.1, 0.15) is 49.3 Å². The average Bonchev–Trinajstić information content (AvgIpc) is 1.08. The number of aromatic nitrogens is 2. The number of hydrogen-bond donors (Lipinski definition) is 0. The van der Waals surface area contributed by atoms with Gasteiger partial charge in [-0.3, -0.25) is 0 Å². The zero-order chi connectivity index (χ0) is 69.5. The summed E-state index contributed by atoms with van der Waals surface area (Å²) in [6, 6.07) is -41.3. The maximum atomic E-state index is 10.8. The van der Waals surface area contributed by atoms with E-state index in [0.29, 0.717) is 9.13 Å². The van der Waals surface area contributed by atoms with Gasteiger partial charge in [-0.05, 0) is 0 Å². The molecule has 0 saturated heterocycles.